The van der Waals surface area contributed by atoms with Gasteiger partial charge >= 0.3 is 0 Å². The molecule has 156 valence electrons. The van der Waals surface area contributed by atoms with Crippen LogP contribution in [0.25, 0.3) is 0 Å². The standard InChI is InChI=1S/C21H31N3O3.ClH/c1-27-19-5-3-2-4-18(19)23-21(26)17-10-14-24(15-11-17)20(25)7-6-16-8-12-22-13-9-16;/h2-5,16-17,22H,6-15H2,1H3,(H,23,26);1H. The highest BCUT2D eigenvalue weighted by atomic mass is 35.5. The Balaban J connectivity index is 0.00000280. The number of para-hydroxylation sites is 2. The van der Waals surface area contributed by atoms with Gasteiger partial charge in [0.2, 0.25) is 11.8 Å². The number of benzene rings is 1. The van der Waals surface area contributed by atoms with Crippen molar-refractivity contribution in [3.63, 3.8) is 0 Å². The van der Waals surface area contributed by atoms with Crippen molar-refractivity contribution < 1.29 is 14.3 Å². The quantitative estimate of drug-likeness (QED) is 0.757. The van der Waals surface area contributed by atoms with Gasteiger partial charge < -0.3 is 20.3 Å². The van der Waals surface area contributed by atoms with E-state index in [2.05, 4.69) is 10.6 Å². The van der Waals surface area contributed by atoms with Gasteiger partial charge in [0.25, 0.3) is 0 Å². The van der Waals surface area contributed by atoms with Crippen LogP contribution in [0.5, 0.6) is 5.75 Å². The SMILES string of the molecule is COc1ccccc1NC(=O)C1CCN(C(=O)CCC2CCNCC2)CC1.Cl. The second kappa shape index (κ2) is 11.3. The highest BCUT2D eigenvalue weighted by Crippen LogP contribution is 2.26. The Bertz CT molecular complexity index is 642. The Kier molecular flexibility index (Phi) is 9.06. The van der Waals surface area contributed by atoms with Crippen LogP contribution in [-0.2, 0) is 9.59 Å². The summed E-state index contributed by atoms with van der Waals surface area (Å²) in [5, 5.41) is 6.33. The van der Waals surface area contributed by atoms with Crippen molar-refractivity contribution in [1.29, 1.82) is 0 Å². The second-order valence-electron chi connectivity index (χ2n) is 7.58. The topological polar surface area (TPSA) is 70.7 Å². The van der Waals surface area contributed by atoms with Gasteiger partial charge in [-0.2, -0.15) is 0 Å². The molecular formula is C21H32ClN3O3. The molecule has 0 radical (unpaired) electrons. The number of hydrogen-bond acceptors (Lipinski definition) is 4. The van der Waals surface area contributed by atoms with Crippen molar-refractivity contribution in [3.8, 4) is 5.75 Å². The number of hydrogen-bond donors (Lipinski definition) is 2. The maximum Gasteiger partial charge on any atom is 0.227 e. The second-order valence-corrected chi connectivity index (χ2v) is 7.58. The highest BCUT2D eigenvalue weighted by molar-refractivity contribution is 5.94. The first kappa shape index (κ1) is 22.5. The Hall–Kier alpha value is -1.79. The Morgan fingerprint density at radius 2 is 1.82 bits per heavy atom. The van der Waals surface area contributed by atoms with Crippen LogP contribution < -0.4 is 15.4 Å². The molecule has 6 nitrogen and oxygen atoms in total. The van der Waals surface area contributed by atoms with E-state index in [0.717, 1.165) is 32.4 Å². The number of likely N-dealkylation sites (tertiary alicyclic amines) is 1. The van der Waals surface area contributed by atoms with Gasteiger partial charge in [0.1, 0.15) is 5.75 Å². The van der Waals surface area contributed by atoms with Crippen LogP contribution in [0.3, 0.4) is 0 Å². The molecule has 2 heterocycles. The van der Waals surface area contributed by atoms with Crippen molar-refractivity contribution in [2.24, 2.45) is 11.8 Å². The molecule has 2 N–H and O–H groups in total. The van der Waals surface area contributed by atoms with Crippen LogP contribution in [-0.4, -0.2) is 50.0 Å². The Morgan fingerprint density at radius 3 is 2.50 bits per heavy atom. The Labute approximate surface area is 173 Å². The van der Waals surface area contributed by atoms with Crippen LogP contribution in [0.2, 0.25) is 0 Å². The van der Waals surface area contributed by atoms with E-state index in [1.54, 1.807) is 7.11 Å². The number of methoxy groups -OCH3 is 1. The summed E-state index contributed by atoms with van der Waals surface area (Å²) in [5.74, 6) is 1.55. The molecule has 2 amide bonds. The van der Waals surface area contributed by atoms with Crippen LogP contribution in [0, 0.1) is 11.8 Å². The molecule has 1 aromatic rings. The van der Waals surface area contributed by atoms with Crippen molar-refractivity contribution in [2.45, 2.75) is 38.5 Å². The van der Waals surface area contributed by atoms with Gasteiger partial charge in [-0.15, -0.1) is 12.4 Å². The number of halogens is 1. The van der Waals surface area contributed by atoms with Gasteiger partial charge in [-0.1, -0.05) is 12.1 Å². The molecular weight excluding hydrogens is 378 g/mol. The number of ether oxygens (including phenoxy) is 1. The zero-order chi connectivity index (χ0) is 19.1. The number of piperidine rings is 2. The highest BCUT2D eigenvalue weighted by Gasteiger charge is 2.28. The number of carbonyl (C=O) groups excluding carboxylic acids is 2. The van der Waals surface area contributed by atoms with E-state index in [1.165, 1.54) is 12.8 Å². The maximum absolute atomic E-state index is 12.6. The minimum Gasteiger partial charge on any atom is -0.495 e. The summed E-state index contributed by atoms with van der Waals surface area (Å²) < 4.78 is 5.29. The van der Waals surface area contributed by atoms with E-state index < -0.39 is 0 Å². The molecule has 7 heteroatoms. The summed E-state index contributed by atoms with van der Waals surface area (Å²) in [6, 6.07) is 7.43. The molecule has 1 aromatic carbocycles. The predicted molar refractivity (Wildman–Crippen MR) is 113 cm³/mol. The van der Waals surface area contributed by atoms with Crippen LogP contribution in [0.1, 0.15) is 38.5 Å². The summed E-state index contributed by atoms with van der Waals surface area (Å²) in [4.78, 5) is 27.0. The molecule has 0 unspecified atom stereocenters. The number of nitrogens with one attached hydrogen (secondary N) is 2. The fraction of sp³-hybridized carbons (Fsp3) is 0.619. The van der Waals surface area contributed by atoms with Gasteiger partial charge in [0, 0.05) is 25.4 Å². The molecule has 0 saturated carbocycles. The van der Waals surface area contributed by atoms with Gasteiger partial charge in [0.15, 0.2) is 0 Å². The fourth-order valence-electron chi connectivity index (χ4n) is 4.03. The molecule has 2 aliphatic heterocycles. The Morgan fingerprint density at radius 1 is 1.14 bits per heavy atom. The van der Waals surface area contributed by atoms with Crippen LogP contribution in [0.4, 0.5) is 5.69 Å². The van der Waals surface area contributed by atoms with E-state index in [0.29, 0.717) is 36.9 Å². The number of rotatable bonds is 6. The lowest BCUT2D eigenvalue weighted by Crippen LogP contribution is -2.41. The van der Waals surface area contributed by atoms with Crippen LogP contribution in [0.15, 0.2) is 24.3 Å². The monoisotopic (exact) mass is 409 g/mol. The van der Waals surface area contributed by atoms with Crippen molar-refractivity contribution >= 4 is 29.9 Å². The van der Waals surface area contributed by atoms with Crippen molar-refractivity contribution in [2.75, 3.05) is 38.6 Å². The number of anilines is 1. The molecule has 0 bridgehead atoms. The normalized spacial score (nSPS) is 18.2. The molecule has 0 spiro atoms. The lowest BCUT2D eigenvalue weighted by molar-refractivity contribution is -0.134. The first-order valence-electron chi connectivity index (χ1n) is 10.1. The number of amides is 2. The lowest BCUT2D eigenvalue weighted by Gasteiger charge is -2.32. The summed E-state index contributed by atoms with van der Waals surface area (Å²) in [6.45, 7) is 3.50. The minimum atomic E-state index is -0.0524. The molecule has 28 heavy (non-hydrogen) atoms. The third kappa shape index (κ3) is 6.11. The molecule has 2 fully saturated rings. The van der Waals surface area contributed by atoms with Gasteiger partial charge in [-0.25, -0.2) is 0 Å². The first-order valence-corrected chi connectivity index (χ1v) is 10.1. The molecule has 0 aromatic heterocycles. The molecule has 2 saturated heterocycles. The lowest BCUT2D eigenvalue weighted by atomic mass is 9.92. The van der Waals surface area contributed by atoms with Crippen LogP contribution >= 0.6 is 12.4 Å². The third-order valence-corrected chi connectivity index (χ3v) is 5.81. The smallest absolute Gasteiger partial charge is 0.227 e. The van der Waals surface area contributed by atoms with Gasteiger partial charge in [0.05, 0.1) is 12.8 Å². The summed E-state index contributed by atoms with van der Waals surface area (Å²) in [5.41, 5.74) is 0.700. The predicted octanol–water partition coefficient (Wildman–Crippen LogP) is 3.07. The average Bonchev–Trinajstić information content (AvgIpc) is 2.73. The fourth-order valence-corrected chi connectivity index (χ4v) is 4.03. The van der Waals surface area contributed by atoms with E-state index in [4.69, 9.17) is 4.74 Å². The average molecular weight is 410 g/mol. The van der Waals surface area contributed by atoms with E-state index >= 15 is 0 Å². The summed E-state index contributed by atoms with van der Waals surface area (Å²) >= 11 is 0. The van der Waals surface area contributed by atoms with E-state index in [9.17, 15) is 9.59 Å². The van der Waals surface area contributed by atoms with Gasteiger partial charge in [-0.05, 0) is 63.2 Å². The molecule has 2 aliphatic rings. The summed E-state index contributed by atoms with van der Waals surface area (Å²) in [6.07, 6.45) is 5.44. The zero-order valence-corrected chi connectivity index (χ0v) is 17.4. The van der Waals surface area contributed by atoms with E-state index in [1.807, 2.05) is 29.2 Å². The third-order valence-electron chi connectivity index (χ3n) is 5.81. The number of carbonyl (C=O) groups is 2. The maximum atomic E-state index is 12.6. The molecule has 0 atom stereocenters. The minimum absolute atomic E-state index is 0. The largest absolute Gasteiger partial charge is 0.495 e. The zero-order valence-electron chi connectivity index (χ0n) is 16.6. The van der Waals surface area contributed by atoms with Crippen molar-refractivity contribution in [1.82, 2.24) is 10.2 Å². The first-order chi connectivity index (χ1) is 13.2. The van der Waals surface area contributed by atoms with Gasteiger partial charge in [-0.3, -0.25) is 9.59 Å². The summed E-state index contributed by atoms with van der Waals surface area (Å²) in [7, 11) is 1.60. The van der Waals surface area contributed by atoms with Crippen molar-refractivity contribution in [3.05, 3.63) is 24.3 Å². The van der Waals surface area contributed by atoms with E-state index in [-0.39, 0.29) is 30.1 Å². The number of nitrogens with zero attached hydrogens (tertiary/aromatic N) is 1. The molecule has 0 aliphatic carbocycles. The molecule has 3 rings (SSSR count).